The van der Waals surface area contributed by atoms with E-state index in [9.17, 15) is 19.7 Å². The molecule has 0 bridgehead atoms. The molecule has 1 aliphatic heterocycles. The summed E-state index contributed by atoms with van der Waals surface area (Å²) in [4.78, 5) is 35.3. The van der Waals surface area contributed by atoms with Gasteiger partial charge in [0.15, 0.2) is 0 Å². The number of benzene rings is 2. The standard InChI is InChI=1S/C20H20N4O4/c1-11-4-9-16(12(2)10-11)22-19(25)17-13(3)21-20(26)23-18(17)14-5-7-15(8-6-14)24(27)28/h4-10,18H,1-3H3,(H,22,25)(H2,21,23,26)/t18-/m0/s1. The van der Waals surface area contributed by atoms with Gasteiger partial charge in [-0.15, -0.1) is 0 Å². The summed E-state index contributed by atoms with van der Waals surface area (Å²) in [5.41, 5.74) is 3.96. The van der Waals surface area contributed by atoms with Crippen LogP contribution in [-0.4, -0.2) is 16.9 Å². The predicted molar refractivity (Wildman–Crippen MR) is 105 cm³/mol. The van der Waals surface area contributed by atoms with Crippen LogP contribution >= 0.6 is 0 Å². The fourth-order valence-corrected chi connectivity index (χ4v) is 3.18. The Morgan fingerprint density at radius 2 is 1.79 bits per heavy atom. The van der Waals surface area contributed by atoms with Crippen molar-refractivity contribution in [1.82, 2.24) is 10.6 Å². The van der Waals surface area contributed by atoms with E-state index < -0.39 is 17.0 Å². The monoisotopic (exact) mass is 380 g/mol. The van der Waals surface area contributed by atoms with Crippen LogP contribution in [0.4, 0.5) is 16.2 Å². The van der Waals surface area contributed by atoms with Crippen LogP contribution in [0.2, 0.25) is 0 Å². The maximum absolute atomic E-state index is 13.0. The van der Waals surface area contributed by atoms with Crippen molar-refractivity contribution in [2.45, 2.75) is 26.8 Å². The van der Waals surface area contributed by atoms with Gasteiger partial charge in [0, 0.05) is 23.5 Å². The molecule has 3 N–H and O–H groups in total. The lowest BCUT2D eigenvalue weighted by atomic mass is 9.94. The quantitative estimate of drug-likeness (QED) is 0.556. The number of urea groups is 1. The molecule has 144 valence electrons. The van der Waals surface area contributed by atoms with Crippen molar-refractivity contribution >= 4 is 23.3 Å². The minimum Gasteiger partial charge on any atom is -0.327 e. The van der Waals surface area contributed by atoms with Gasteiger partial charge in [0.05, 0.1) is 16.5 Å². The second-order valence-electron chi connectivity index (χ2n) is 6.69. The Bertz CT molecular complexity index is 996. The van der Waals surface area contributed by atoms with Gasteiger partial charge in [0.25, 0.3) is 11.6 Å². The van der Waals surface area contributed by atoms with Crippen molar-refractivity contribution in [2.75, 3.05) is 5.32 Å². The third-order valence-corrected chi connectivity index (χ3v) is 4.58. The number of nitro groups is 1. The van der Waals surface area contributed by atoms with Crippen LogP contribution in [0, 0.1) is 24.0 Å². The van der Waals surface area contributed by atoms with Gasteiger partial charge in [-0.05, 0) is 50.1 Å². The minimum atomic E-state index is -0.722. The zero-order valence-electron chi connectivity index (χ0n) is 15.7. The molecule has 28 heavy (non-hydrogen) atoms. The van der Waals surface area contributed by atoms with Crippen LogP contribution in [0.25, 0.3) is 0 Å². The summed E-state index contributed by atoms with van der Waals surface area (Å²) < 4.78 is 0. The molecule has 1 aliphatic rings. The number of hydrogen-bond donors (Lipinski definition) is 3. The van der Waals surface area contributed by atoms with Gasteiger partial charge in [-0.25, -0.2) is 4.79 Å². The molecule has 0 spiro atoms. The number of allylic oxidation sites excluding steroid dienone is 1. The molecule has 0 unspecified atom stereocenters. The van der Waals surface area contributed by atoms with E-state index >= 15 is 0 Å². The molecular weight excluding hydrogens is 360 g/mol. The first-order chi connectivity index (χ1) is 13.3. The smallest absolute Gasteiger partial charge is 0.319 e. The van der Waals surface area contributed by atoms with Crippen LogP contribution in [0.15, 0.2) is 53.7 Å². The Kier molecular flexibility index (Phi) is 5.12. The third-order valence-electron chi connectivity index (χ3n) is 4.58. The molecule has 3 amide bonds. The fraction of sp³-hybridized carbons (Fsp3) is 0.200. The highest BCUT2D eigenvalue weighted by Gasteiger charge is 2.31. The Morgan fingerprint density at radius 3 is 2.39 bits per heavy atom. The average molecular weight is 380 g/mol. The number of nitrogens with zero attached hydrogens (tertiary/aromatic N) is 1. The maximum atomic E-state index is 13.0. The molecular formula is C20H20N4O4. The largest absolute Gasteiger partial charge is 0.327 e. The van der Waals surface area contributed by atoms with Crippen molar-refractivity contribution in [3.8, 4) is 0 Å². The molecule has 0 saturated carbocycles. The molecule has 0 radical (unpaired) electrons. The average Bonchev–Trinajstić information content (AvgIpc) is 2.63. The SMILES string of the molecule is CC1=C(C(=O)Nc2ccc(C)cc2C)[C@H](c2ccc([N+](=O)[O-])cc2)NC(=O)N1. The number of non-ortho nitro benzene ring substituents is 1. The highest BCUT2D eigenvalue weighted by Crippen LogP contribution is 2.29. The normalized spacial score (nSPS) is 16.2. The fourth-order valence-electron chi connectivity index (χ4n) is 3.18. The molecule has 0 aliphatic carbocycles. The number of hydrogen-bond acceptors (Lipinski definition) is 4. The zero-order valence-corrected chi connectivity index (χ0v) is 15.7. The van der Waals surface area contributed by atoms with Gasteiger partial charge in [-0.3, -0.25) is 14.9 Å². The first kappa shape index (κ1) is 19.1. The lowest BCUT2D eigenvalue weighted by Crippen LogP contribution is -2.46. The van der Waals surface area contributed by atoms with Crippen molar-refractivity contribution in [1.29, 1.82) is 0 Å². The second kappa shape index (κ2) is 7.51. The summed E-state index contributed by atoms with van der Waals surface area (Å²) in [7, 11) is 0. The van der Waals surface area contributed by atoms with Crippen LogP contribution in [0.3, 0.4) is 0 Å². The summed E-state index contributed by atoms with van der Waals surface area (Å²) in [5, 5.41) is 19.1. The number of carbonyl (C=O) groups is 2. The Labute approximate surface area is 161 Å². The first-order valence-electron chi connectivity index (χ1n) is 8.67. The molecule has 3 rings (SSSR count). The number of anilines is 1. The topological polar surface area (TPSA) is 113 Å². The van der Waals surface area contributed by atoms with E-state index in [1.807, 2.05) is 32.0 Å². The summed E-state index contributed by atoms with van der Waals surface area (Å²) in [6.07, 6.45) is 0. The summed E-state index contributed by atoms with van der Waals surface area (Å²) >= 11 is 0. The lowest BCUT2D eigenvalue weighted by Gasteiger charge is -2.28. The third kappa shape index (κ3) is 3.85. The molecule has 8 nitrogen and oxygen atoms in total. The van der Waals surface area contributed by atoms with E-state index in [1.54, 1.807) is 6.92 Å². The van der Waals surface area contributed by atoms with Crippen molar-refractivity contribution in [3.05, 3.63) is 80.5 Å². The second-order valence-corrected chi connectivity index (χ2v) is 6.69. The van der Waals surface area contributed by atoms with Gasteiger partial charge >= 0.3 is 6.03 Å². The van der Waals surface area contributed by atoms with E-state index in [2.05, 4.69) is 16.0 Å². The van der Waals surface area contributed by atoms with Crippen molar-refractivity contribution < 1.29 is 14.5 Å². The van der Waals surface area contributed by atoms with Crippen LogP contribution < -0.4 is 16.0 Å². The van der Waals surface area contributed by atoms with Crippen LogP contribution in [0.1, 0.15) is 29.7 Å². The number of carbonyl (C=O) groups excluding carboxylic acids is 2. The number of aryl methyl sites for hydroxylation is 2. The Balaban J connectivity index is 1.94. The molecule has 8 heteroatoms. The van der Waals surface area contributed by atoms with Crippen molar-refractivity contribution in [3.63, 3.8) is 0 Å². The molecule has 2 aromatic rings. The van der Waals surface area contributed by atoms with Gasteiger partial charge in [0.2, 0.25) is 0 Å². The van der Waals surface area contributed by atoms with Crippen LogP contribution in [-0.2, 0) is 4.79 Å². The van der Waals surface area contributed by atoms with E-state index in [-0.39, 0.29) is 11.6 Å². The van der Waals surface area contributed by atoms with Crippen LogP contribution in [0.5, 0.6) is 0 Å². The van der Waals surface area contributed by atoms with E-state index in [1.165, 1.54) is 24.3 Å². The van der Waals surface area contributed by atoms with E-state index in [4.69, 9.17) is 0 Å². The maximum Gasteiger partial charge on any atom is 0.319 e. The molecule has 0 saturated heterocycles. The number of nitro benzene ring substituents is 1. The van der Waals surface area contributed by atoms with Gasteiger partial charge in [-0.1, -0.05) is 17.7 Å². The minimum absolute atomic E-state index is 0.0639. The molecule has 1 atom stereocenters. The highest BCUT2D eigenvalue weighted by molar-refractivity contribution is 6.07. The van der Waals surface area contributed by atoms with Crippen molar-refractivity contribution in [2.24, 2.45) is 0 Å². The highest BCUT2D eigenvalue weighted by atomic mass is 16.6. The van der Waals surface area contributed by atoms with Gasteiger partial charge in [-0.2, -0.15) is 0 Å². The molecule has 0 fully saturated rings. The lowest BCUT2D eigenvalue weighted by molar-refractivity contribution is -0.384. The Morgan fingerprint density at radius 1 is 1.11 bits per heavy atom. The summed E-state index contributed by atoms with van der Waals surface area (Å²) in [6.45, 7) is 5.52. The number of nitrogens with one attached hydrogen (secondary N) is 3. The number of amides is 3. The molecule has 2 aromatic carbocycles. The molecule has 0 aromatic heterocycles. The zero-order chi connectivity index (χ0) is 20.4. The summed E-state index contributed by atoms with van der Waals surface area (Å²) in [5.74, 6) is -0.361. The summed E-state index contributed by atoms with van der Waals surface area (Å²) in [6, 6.07) is 10.3. The predicted octanol–water partition coefficient (Wildman–Crippen LogP) is 3.48. The van der Waals surface area contributed by atoms with E-state index in [0.717, 1.165) is 11.1 Å². The first-order valence-corrected chi connectivity index (χ1v) is 8.67. The molecule has 1 heterocycles. The van der Waals surface area contributed by atoms with E-state index in [0.29, 0.717) is 22.5 Å². The Hall–Kier alpha value is -3.68. The number of rotatable bonds is 4. The van der Waals surface area contributed by atoms with Gasteiger partial charge in [0.1, 0.15) is 0 Å². The van der Waals surface area contributed by atoms with Gasteiger partial charge < -0.3 is 16.0 Å².